The summed E-state index contributed by atoms with van der Waals surface area (Å²) in [6, 6.07) is 7.20. The lowest BCUT2D eigenvalue weighted by molar-refractivity contribution is -0.123. The second-order valence-electron chi connectivity index (χ2n) is 6.39. The van der Waals surface area contributed by atoms with Gasteiger partial charge in [0.2, 0.25) is 5.91 Å². The number of hydrogen-bond acceptors (Lipinski definition) is 5. The summed E-state index contributed by atoms with van der Waals surface area (Å²) in [6.07, 6.45) is 1.99. The van der Waals surface area contributed by atoms with Crippen molar-refractivity contribution in [3.63, 3.8) is 0 Å². The van der Waals surface area contributed by atoms with Crippen molar-refractivity contribution in [1.82, 2.24) is 5.32 Å². The largest absolute Gasteiger partial charge is 0.493 e. The van der Waals surface area contributed by atoms with Crippen LogP contribution in [0.4, 0.5) is 5.69 Å². The molecule has 0 aromatic heterocycles. The van der Waals surface area contributed by atoms with Crippen LogP contribution in [0.25, 0.3) is 0 Å². The highest BCUT2D eigenvalue weighted by Gasteiger charge is 2.28. The lowest BCUT2D eigenvalue weighted by atomic mass is 10.0. The van der Waals surface area contributed by atoms with Crippen LogP contribution in [0.2, 0.25) is 0 Å². The summed E-state index contributed by atoms with van der Waals surface area (Å²) in [5.41, 5.74) is 0.762. The number of nitrogens with one attached hydrogen (secondary N) is 2. The number of ether oxygens (including phenoxy) is 3. The minimum atomic E-state index is -0.316. The van der Waals surface area contributed by atoms with E-state index in [4.69, 9.17) is 14.2 Å². The highest BCUT2D eigenvalue weighted by atomic mass is 35.5. The smallest absolute Gasteiger partial charge is 0.244 e. The molecule has 2 fully saturated rings. The Morgan fingerprint density at radius 3 is 2.64 bits per heavy atom. The molecule has 0 spiro atoms. The second-order valence-corrected chi connectivity index (χ2v) is 6.39. The van der Waals surface area contributed by atoms with E-state index in [-0.39, 0.29) is 30.5 Å². The molecule has 0 aliphatic carbocycles. The van der Waals surface area contributed by atoms with Gasteiger partial charge in [-0.25, -0.2) is 0 Å². The number of benzene rings is 1. The minimum absolute atomic E-state index is 0. The number of rotatable bonds is 5. The van der Waals surface area contributed by atoms with Crippen LogP contribution in [0.15, 0.2) is 24.3 Å². The number of halogens is 1. The van der Waals surface area contributed by atoms with Crippen molar-refractivity contribution in [2.45, 2.75) is 31.9 Å². The number of carbonyl (C=O) groups is 1. The van der Waals surface area contributed by atoms with Crippen LogP contribution >= 0.6 is 12.4 Å². The first-order chi connectivity index (χ1) is 11.7. The molecule has 2 aliphatic rings. The van der Waals surface area contributed by atoms with Crippen LogP contribution in [0.5, 0.6) is 5.75 Å². The van der Waals surface area contributed by atoms with E-state index < -0.39 is 0 Å². The average Bonchev–Trinajstić information content (AvgIpc) is 2.62. The van der Waals surface area contributed by atoms with Gasteiger partial charge in [-0.3, -0.25) is 4.79 Å². The molecule has 2 N–H and O–H groups in total. The number of anilines is 1. The van der Waals surface area contributed by atoms with Crippen molar-refractivity contribution in [2.24, 2.45) is 5.92 Å². The van der Waals surface area contributed by atoms with Gasteiger partial charge in [0.1, 0.15) is 11.8 Å². The summed E-state index contributed by atoms with van der Waals surface area (Å²) in [4.78, 5) is 12.3. The predicted molar refractivity (Wildman–Crippen MR) is 98.6 cm³/mol. The Morgan fingerprint density at radius 1 is 1.24 bits per heavy atom. The Labute approximate surface area is 155 Å². The Balaban J connectivity index is 0.00000225. The van der Waals surface area contributed by atoms with E-state index in [2.05, 4.69) is 10.6 Å². The van der Waals surface area contributed by atoms with Gasteiger partial charge in [0.25, 0.3) is 0 Å². The Kier molecular flexibility index (Phi) is 7.96. The molecule has 1 amide bonds. The monoisotopic (exact) mass is 370 g/mol. The van der Waals surface area contributed by atoms with Gasteiger partial charge in [-0.05, 0) is 49.9 Å². The molecular weight excluding hydrogens is 344 g/mol. The van der Waals surface area contributed by atoms with Crippen LogP contribution in [0.3, 0.4) is 0 Å². The van der Waals surface area contributed by atoms with Crippen LogP contribution in [0, 0.1) is 5.92 Å². The predicted octanol–water partition coefficient (Wildman–Crippen LogP) is 2.23. The van der Waals surface area contributed by atoms with Crippen molar-refractivity contribution in [3.05, 3.63) is 24.3 Å². The lowest BCUT2D eigenvalue weighted by Gasteiger charge is -2.29. The Morgan fingerprint density at radius 2 is 1.96 bits per heavy atom. The molecular formula is C18H27ClN2O4. The third-order valence-corrected chi connectivity index (χ3v) is 4.55. The zero-order valence-corrected chi connectivity index (χ0v) is 15.3. The van der Waals surface area contributed by atoms with E-state index in [1.54, 1.807) is 0 Å². The molecule has 1 aromatic carbocycles. The van der Waals surface area contributed by atoms with E-state index in [0.29, 0.717) is 19.1 Å². The van der Waals surface area contributed by atoms with E-state index in [9.17, 15) is 4.79 Å². The molecule has 0 radical (unpaired) electrons. The molecule has 2 aliphatic heterocycles. The molecule has 2 atom stereocenters. The third kappa shape index (κ3) is 5.85. The molecule has 6 nitrogen and oxygen atoms in total. The van der Waals surface area contributed by atoms with Gasteiger partial charge < -0.3 is 24.8 Å². The topological polar surface area (TPSA) is 68.8 Å². The number of morpholine rings is 1. The fourth-order valence-electron chi connectivity index (χ4n) is 3.01. The van der Waals surface area contributed by atoms with Gasteiger partial charge in [0.05, 0.1) is 19.3 Å². The van der Waals surface area contributed by atoms with Crippen molar-refractivity contribution in [2.75, 3.05) is 38.3 Å². The van der Waals surface area contributed by atoms with Gasteiger partial charge in [0.15, 0.2) is 0 Å². The zero-order chi connectivity index (χ0) is 16.8. The SMILES string of the molecule is C[C@H]1OCCN[C@@H]1C(=O)Nc1ccc(OCC2CCOCC2)cc1.Cl. The average molecular weight is 371 g/mol. The van der Waals surface area contributed by atoms with Crippen LogP contribution < -0.4 is 15.4 Å². The van der Waals surface area contributed by atoms with Gasteiger partial charge in [0, 0.05) is 25.4 Å². The third-order valence-electron chi connectivity index (χ3n) is 4.55. The Hall–Kier alpha value is -1.34. The molecule has 140 valence electrons. The second kappa shape index (κ2) is 9.97. The molecule has 0 saturated carbocycles. The first-order valence-corrected chi connectivity index (χ1v) is 8.69. The first-order valence-electron chi connectivity index (χ1n) is 8.69. The summed E-state index contributed by atoms with van der Waals surface area (Å²) >= 11 is 0. The van der Waals surface area contributed by atoms with Crippen LogP contribution in [-0.2, 0) is 14.3 Å². The van der Waals surface area contributed by atoms with Gasteiger partial charge in [-0.2, -0.15) is 0 Å². The summed E-state index contributed by atoms with van der Waals surface area (Å²) in [6.45, 7) is 5.62. The van der Waals surface area contributed by atoms with Gasteiger partial charge >= 0.3 is 0 Å². The highest BCUT2D eigenvalue weighted by Crippen LogP contribution is 2.20. The molecule has 1 aromatic rings. The zero-order valence-electron chi connectivity index (χ0n) is 14.5. The normalized spacial score (nSPS) is 24.2. The van der Waals surface area contributed by atoms with Crippen molar-refractivity contribution in [3.8, 4) is 5.75 Å². The van der Waals surface area contributed by atoms with Crippen molar-refractivity contribution < 1.29 is 19.0 Å². The molecule has 2 saturated heterocycles. The molecule has 25 heavy (non-hydrogen) atoms. The minimum Gasteiger partial charge on any atom is -0.493 e. The van der Waals surface area contributed by atoms with Crippen LogP contribution in [-0.4, -0.2) is 51.0 Å². The van der Waals surface area contributed by atoms with Crippen molar-refractivity contribution in [1.29, 1.82) is 0 Å². The molecule has 0 bridgehead atoms. The number of hydrogen-bond donors (Lipinski definition) is 2. The van der Waals surface area contributed by atoms with Crippen molar-refractivity contribution >= 4 is 24.0 Å². The number of carbonyl (C=O) groups excluding carboxylic acids is 1. The fourth-order valence-corrected chi connectivity index (χ4v) is 3.01. The summed E-state index contributed by atoms with van der Waals surface area (Å²) in [5.74, 6) is 1.32. The quantitative estimate of drug-likeness (QED) is 0.831. The molecule has 3 rings (SSSR count). The summed E-state index contributed by atoms with van der Waals surface area (Å²) in [5, 5.41) is 6.11. The standard InChI is InChI=1S/C18H26N2O4.ClH/c1-13-17(19-8-11-23-13)18(21)20-15-2-4-16(5-3-15)24-12-14-6-9-22-10-7-14;/h2-5,13-14,17,19H,6-12H2,1H3,(H,20,21);1H/t13-,17+;/m1./s1. The fraction of sp³-hybridized carbons (Fsp3) is 0.611. The summed E-state index contributed by atoms with van der Waals surface area (Å²) in [7, 11) is 0. The van der Waals surface area contributed by atoms with E-state index in [0.717, 1.165) is 44.1 Å². The van der Waals surface area contributed by atoms with Gasteiger partial charge in [-0.1, -0.05) is 0 Å². The van der Waals surface area contributed by atoms with E-state index in [1.807, 2.05) is 31.2 Å². The maximum absolute atomic E-state index is 12.3. The molecule has 2 heterocycles. The lowest BCUT2D eigenvalue weighted by Crippen LogP contribution is -2.53. The molecule has 0 unspecified atom stereocenters. The summed E-state index contributed by atoms with van der Waals surface area (Å²) < 4.78 is 16.7. The van der Waals surface area contributed by atoms with E-state index >= 15 is 0 Å². The maximum atomic E-state index is 12.3. The Bertz CT molecular complexity index is 534. The first kappa shape index (κ1) is 20.0. The highest BCUT2D eigenvalue weighted by molar-refractivity contribution is 5.95. The number of amides is 1. The van der Waals surface area contributed by atoms with Gasteiger partial charge in [-0.15, -0.1) is 12.4 Å². The molecule has 7 heteroatoms. The van der Waals surface area contributed by atoms with Crippen LogP contribution in [0.1, 0.15) is 19.8 Å². The maximum Gasteiger partial charge on any atom is 0.244 e. The van der Waals surface area contributed by atoms with E-state index in [1.165, 1.54) is 0 Å².